The van der Waals surface area contributed by atoms with E-state index in [-0.39, 0.29) is 29.9 Å². The van der Waals surface area contributed by atoms with Gasteiger partial charge in [-0.05, 0) is 24.3 Å². The lowest BCUT2D eigenvalue weighted by atomic mass is 10.1. The predicted octanol–water partition coefficient (Wildman–Crippen LogP) is 0.0371. The molecule has 1 aromatic carbocycles. The molecular formula is C16H22FN3O4S. The first kappa shape index (κ1) is 18.2. The highest BCUT2D eigenvalue weighted by molar-refractivity contribution is 7.89. The van der Waals surface area contributed by atoms with Crippen molar-refractivity contribution in [2.45, 2.75) is 17.4 Å². The SMILES string of the molecule is O=C(CC1COCCN1)N1CCN(S(=O)(=O)c2ccc(F)cc2)CC1. The minimum Gasteiger partial charge on any atom is -0.378 e. The second-order valence-corrected chi connectivity index (χ2v) is 8.11. The third-order valence-corrected chi connectivity index (χ3v) is 6.38. The molecule has 2 heterocycles. The summed E-state index contributed by atoms with van der Waals surface area (Å²) in [7, 11) is -3.66. The van der Waals surface area contributed by atoms with Gasteiger partial charge in [-0.1, -0.05) is 0 Å². The van der Waals surface area contributed by atoms with Crippen molar-refractivity contribution in [1.29, 1.82) is 0 Å². The number of hydrogen-bond donors (Lipinski definition) is 1. The highest BCUT2D eigenvalue weighted by Gasteiger charge is 2.31. The molecule has 1 aromatic rings. The molecule has 1 amide bonds. The van der Waals surface area contributed by atoms with Crippen LogP contribution in [-0.4, -0.2) is 75.5 Å². The van der Waals surface area contributed by atoms with Gasteiger partial charge in [0.15, 0.2) is 0 Å². The van der Waals surface area contributed by atoms with Crippen molar-refractivity contribution in [3.8, 4) is 0 Å². The molecule has 0 radical (unpaired) electrons. The predicted molar refractivity (Wildman–Crippen MR) is 89.0 cm³/mol. The minimum absolute atomic E-state index is 0.00169. The summed E-state index contributed by atoms with van der Waals surface area (Å²) >= 11 is 0. The highest BCUT2D eigenvalue weighted by Crippen LogP contribution is 2.18. The van der Waals surface area contributed by atoms with E-state index in [9.17, 15) is 17.6 Å². The Kier molecular flexibility index (Phi) is 5.67. The van der Waals surface area contributed by atoms with Crippen LogP contribution in [0.15, 0.2) is 29.2 Å². The van der Waals surface area contributed by atoms with Crippen molar-refractivity contribution in [3.63, 3.8) is 0 Å². The van der Waals surface area contributed by atoms with Crippen LogP contribution >= 0.6 is 0 Å². The van der Waals surface area contributed by atoms with Gasteiger partial charge in [0.05, 0.1) is 18.1 Å². The van der Waals surface area contributed by atoms with E-state index in [4.69, 9.17) is 4.74 Å². The Morgan fingerprint density at radius 3 is 2.48 bits per heavy atom. The Labute approximate surface area is 146 Å². The lowest BCUT2D eigenvalue weighted by Gasteiger charge is -2.35. The average molecular weight is 371 g/mol. The first-order valence-corrected chi connectivity index (χ1v) is 9.75. The Morgan fingerprint density at radius 1 is 1.20 bits per heavy atom. The molecule has 138 valence electrons. The molecular weight excluding hydrogens is 349 g/mol. The van der Waals surface area contributed by atoms with E-state index in [2.05, 4.69) is 5.32 Å². The Bertz CT molecular complexity index is 697. The number of ether oxygens (including phenoxy) is 1. The number of hydrogen-bond acceptors (Lipinski definition) is 5. The van der Waals surface area contributed by atoms with Crippen LogP contribution in [-0.2, 0) is 19.6 Å². The van der Waals surface area contributed by atoms with Crippen molar-refractivity contribution in [2.75, 3.05) is 45.9 Å². The molecule has 0 aliphatic carbocycles. The van der Waals surface area contributed by atoms with Crippen LogP contribution in [0.2, 0.25) is 0 Å². The number of carbonyl (C=O) groups excluding carboxylic acids is 1. The molecule has 2 saturated heterocycles. The normalized spacial score (nSPS) is 22.8. The van der Waals surface area contributed by atoms with Gasteiger partial charge in [-0.2, -0.15) is 4.31 Å². The first-order valence-electron chi connectivity index (χ1n) is 8.31. The minimum atomic E-state index is -3.66. The van der Waals surface area contributed by atoms with Gasteiger partial charge in [0.1, 0.15) is 5.82 Å². The van der Waals surface area contributed by atoms with Gasteiger partial charge in [-0.3, -0.25) is 4.79 Å². The van der Waals surface area contributed by atoms with Gasteiger partial charge < -0.3 is 15.0 Å². The Morgan fingerprint density at radius 2 is 1.88 bits per heavy atom. The van der Waals surface area contributed by atoms with Gasteiger partial charge in [0.2, 0.25) is 15.9 Å². The standard InChI is InChI=1S/C16H22FN3O4S/c17-13-1-3-15(4-2-13)25(22,23)20-8-6-19(7-9-20)16(21)11-14-12-24-10-5-18-14/h1-4,14,18H,5-12H2. The zero-order chi connectivity index (χ0) is 17.9. The summed E-state index contributed by atoms with van der Waals surface area (Å²) in [5.74, 6) is -0.475. The smallest absolute Gasteiger partial charge is 0.243 e. The summed E-state index contributed by atoms with van der Waals surface area (Å²) in [6.45, 7) is 3.09. The molecule has 0 aromatic heterocycles. The number of piperazine rings is 1. The summed E-state index contributed by atoms with van der Waals surface area (Å²) in [4.78, 5) is 14.1. The zero-order valence-corrected chi connectivity index (χ0v) is 14.7. The van der Waals surface area contributed by atoms with E-state index in [1.165, 1.54) is 16.4 Å². The number of amides is 1. The second-order valence-electron chi connectivity index (χ2n) is 6.17. The van der Waals surface area contributed by atoms with Crippen LogP contribution in [0.1, 0.15) is 6.42 Å². The van der Waals surface area contributed by atoms with Crippen molar-refractivity contribution in [2.24, 2.45) is 0 Å². The molecule has 0 spiro atoms. The summed E-state index contributed by atoms with van der Waals surface area (Å²) < 4.78 is 44.8. The van der Waals surface area contributed by atoms with Gasteiger partial charge in [0, 0.05) is 45.2 Å². The maximum Gasteiger partial charge on any atom is 0.243 e. The number of morpholine rings is 1. The average Bonchev–Trinajstić information content (AvgIpc) is 2.63. The van der Waals surface area contributed by atoms with Gasteiger partial charge in [-0.25, -0.2) is 12.8 Å². The van der Waals surface area contributed by atoms with Crippen LogP contribution in [0.4, 0.5) is 4.39 Å². The molecule has 9 heteroatoms. The van der Waals surface area contributed by atoms with Crippen LogP contribution in [0.3, 0.4) is 0 Å². The van der Waals surface area contributed by atoms with Crippen LogP contribution in [0.25, 0.3) is 0 Å². The lowest BCUT2D eigenvalue weighted by Crippen LogP contribution is -2.52. The molecule has 25 heavy (non-hydrogen) atoms. The van der Waals surface area contributed by atoms with E-state index in [1.807, 2.05) is 0 Å². The quantitative estimate of drug-likeness (QED) is 0.808. The molecule has 1 unspecified atom stereocenters. The van der Waals surface area contributed by atoms with E-state index in [0.717, 1.165) is 18.7 Å². The van der Waals surface area contributed by atoms with Gasteiger partial charge in [0.25, 0.3) is 0 Å². The summed E-state index contributed by atoms with van der Waals surface area (Å²) in [5, 5.41) is 3.24. The van der Waals surface area contributed by atoms with Crippen molar-refractivity contribution < 1.29 is 22.3 Å². The monoisotopic (exact) mass is 371 g/mol. The molecule has 7 nitrogen and oxygen atoms in total. The van der Waals surface area contributed by atoms with E-state index < -0.39 is 15.8 Å². The van der Waals surface area contributed by atoms with Crippen molar-refractivity contribution in [3.05, 3.63) is 30.1 Å². The third kappa shape index (κ3) is 4.35. The van der Waals surface area contributed by atoms with Gasteiger partial charge >= 0.3 is 0 Å². The number of carbonyl (C=O) groups is 1. The van der Waals surface area contributed by atoms with Crippen LogP contribution in [0, 0.1) is 5.82 Å². The summed E-state index contributed by atoms with van der Waals surface area (Å²) in [6.07, 6.45) is 0.352. The number of benzene rings is 1. The van der Waals surface area contributed by atoms with E-state index >= 15 is 0 Å². The number of nitrogens with zero attached hydrogens (tertiary/aromatic N) is 2. The van der Waals surface area contributed by atoms with Crippen LogP contribution in [0.5, 0.6) is 0 Å². The molecule has 2 aliphatic rings. The number of rotatable bonds is 4. The fourth-order valence-corrected chi connectivity index (χ4v) is 4.45. The maximum absolute atomic E-state index is 13.0. The Hall–Kier alpha value is -1.55. The van der Waals surface area contributed by atoms with Crippen molar-refractivity contribution in [1.82, 2.24) is 14.5 Å². The van der Waals surface area contributed by atoms with E-state index in [1.54, 1.807) is 4.90 Å². The lowest BCUT2D eigenvalue weighted by molar-refractivity contribution is -0.133. The molecule has 0 saturated carbocycles. The topological polar surface area (TPSA) is 79.0 Å². The Balaban J connectivity index is 1.55. The molecule has 0 bridgehead atoms. The van der Waals surface area contributed by atoms with Gasteiger partial charge in [-0.15, -0.1) is 0 Å². The van der Waals surface area contributed by atoms with E-state index in [0.29, 0.717) is 32.7 Å². The number of nitrogens with one attached hydrogen (secondary N) is 1. The maximum atomic E-state index is 13.0. The number of halogens is 1. The second kappa shape index (κ2) is 7.77. The molecule has 2 aliphatic heterocycles. The molecule has 1 N–H and O–H groups in total. The zero-order valence-electron chi connectivity index (χ0n) is 13.9. The number of sulfonamides is 1. The summed E-state index contributed by atoms with van der Waals surface area (Å²) in [5.41, 5.74) is 0. The molecule has 1 atom stereocenters. The first-order chi connectivity index (χ1) is 12.0. The summed E-state index contributed by atoms with van der Waals surface area (Å²) in [6, 6.07) is 4.80. The van der Waals surface area contributed by atoms with Crippen molar-refractivity contribution >= 4 is 15.9 Å². The fourth-order valence-electron chi connectivity index (χ4n) is 3.02. The largest absolute Gasteiger partial charge is 0.378 e. The fraction of sp³-hybridized carbons (Fsp3) is 0.562. The third-order valence-electron chi connectivity index (χ3n) is 4.46. The highest BCUT2D eigenvalue weighted by atomic mass is 32.2. The molecule has 2 fully saturated rings. The van der Waals surface area contributed by atoms with Crippen LogP contribution < -0.4 is 5.32 Å². The molecule has 3 rings (SSSR count).